The number of aromatic nitrogens is 3. The molecule has 0 bridgehead atoms. The molecule has 1 N–H and O–H groups in total. The van der Waals surface area contributed by atoms with Gasteiger partial charge in [0.05, 0.1) is 5.75 Å². The Labute approximate surface area is 127 Å². The van der Waals surface area contributed by atoms with E-state index < -0.39 is 5.97 Å². The van der Waals surface area contributed by atoms with Crippen molar-refractivity contribution in [3.63, 3.8) is 0 Å². The second-order valence-electron chi connectivity index (χ2n) is 4.55. The lowest BCUT2D eigenvalue weighted by Gasteiger charge is -2.19. The molecular weight excluding hydrogens is 288 g/mol. The van der Waals surface area contributed by atoms with Gasteiger partial charge < -0.3 is 10.0 Å². The second-order valence-corrected chi connectivity index (χ2v) is 5.49. The SMILES string of the molecule is CCn1c(SCC(=O)O)nnc1N(C)Cc1ccccc1. The molecule has 0 saturated carbocycles. The van der Waals surface area contributed by atoms with Crippen LogP contribution in [0.1, 0.15) is 12.5 Å². The minimum Gasteiger partial charge on any atom is -0.481 e. The molecule has 112 valence electrons. The quantitative estimate of drug-likeness (QED) is 0.790. The summed E-state index contributed by atoms with van der Waals surface area (Å²) < 4.78 is 1.93. The first-order valence-electron chi connectivity index (χ1n) is 6.64. The molecule has 0 amide bonds. The fourth-order valence-corrected chi connectivity index (χ4v) is 2.72. The topological polar surface area (TPSA) is 71.2 Å². The fourth-order valence-electron chi connectivity index (χ4n) is 2.00. The van der Waals surface area contributed by atoms with Crippen LogP contribution in [0.2, 0.25) is 0 Å². The summed E-state index contributed by atoms with van der Waals surface area (Å²) in [5, 5.41) is 17.7. The number of hydrogen-bond acceptors (Lipinski definition) is 5. The van der Waals surface area contributed by atoms with Crippen molar-refractivity contribution in [1.29, 1.82) is 0 Å². The van der Waals surface area contributed by atoms with Gasteiger partial charge in [0, 0.05) is 20.1 Å². The third-order valence-corrected chi connectivity index (χ3v) is 3.89. The maximum Gasteiger partial charge on any atom is 0.313 e. The normalized spacial score (nSPS) is 10.6. The molecule has 1 aromatic heterocycles. The molecule has 21 heavy (non-hydrogen) atoms. The minimum absolute atomic E-state index is 0.0134. The van der Waals surface area contributed by atoms with E-state index in [0.717, 1.165) is 12.5 Å². The molecule has 0 fully saturated rings. The Hall–Kier alpha value is -2.02. The summed E-state index contributed by atoms with van der Waals surface area (Å²) in [7, 11) is 1.95. The standard InChI is InChI=1S/C14H18N4O2S/c1-3-18-13(15-16-14(18)21-10-12(19)20)17(2)9-11-7-5-4-6-8-11/h4-8H,3,9-10H2,1-2H3,(H,19,20). The number of thioether (sulfide) groups is 1. The predicted molar refractivity (Wildman–Crippen MR) is 82.6 cm³/mol. The summed E-state index contributed by atoms with van der Waals surface area (Å²) in [6.45, 7) is 3.42. The maximum atomic E-state index is 10.7. The number of aliphatic carboxylic acids is 1. The molecule has 0 atom stereocenters. The molecule has 0 saturated heterocycles. The molecular formula is C14H18N4O2S. The van der Waals surface area contributed by atoms with E-state index in [-0.39, 0.29) is 5.75 Å². The third kappa shape index (κ3) is 3.98. The summed E-state index contributed by atoms with van der Waals surface area (Å²) in [4.78, 5) is 12.7. The number of carbonyl (C=O) groups is 1. The number of carboxylic acids is 1. The smallest absolute Gasteiger partial charge is 0.313 e. The fraction of sp³-hybridized carbons (Fsp3) is 0.357. The zero-order valence-electron chi connectivity index (χ0n) is 12.1. The van der Waals surface area contributed by atoms with Gasteiger partial charge in [0.1, 0.15) is 0 Å². The average Bonchev–Trinajstić information content (AvgIpc) is 2.89. The summed E-state index contributed by atoms with van der Waals surface area (Å²) in [5.41, 5.74) is 1.19. The lowest BCUT2D eigenvalue weighted by Crippen LogP contribution is -2.21. The van der Waals surface area contributed by atoms with Crippen LogP contribution >= 0.6 is 11.8 Å². The Kier molecular flexibility index (Phi) is 5.21. The molecule has 1 aromatic carbocycles. The van der Waals surface area contributed by atoms with Gasteiger partial charge in [-0.3, -0.25) is 9.36 Å². The van der Waals surface area contributed by atoms with Crippen LogP contribution in [0.25, 0.3) is 0 Å². The summed E-state index contributed by atoms with van der Waals surface area (Å²) >= 11 is 1.19. The van der Waals surface area contributed by atoms with E-state index in [1.165, 1.54) is 17.3 Å². The molecule has 0 spiro atoms. The highest BCUT2D eigenvalue weighted by Gasteiger charge is 2.15. The van der Waals surface area contributed by atoms with Crippen LogP contribution in [-0.4, -0.2) is 38.6 Å². The Morgan fingerprint density at radius 2 is 2.05 bits per heavy atom. The lowest BCUT2D eigenvalue weighted by molar-refractivity contribution is -0.133. The van der Waals surface area contributed by atoms with E-state index in [4.69, 9.17) is 5.11 Å². The van der Waals surface area contributed by atoms with Gasteiger partial charge in [-0.25, -0.2) is 0 Å². The van der Waals surface area contributed by atoms with E-state index in [1.54, 1.807) is 0 Å². The van der Waals surface area contributed by atoms with E-state index in [2.05, 4.69) is 22.3 Å². The zero-order chi connectivity index (χ0) is 15.2. The van der Waals surface area contributed by atoms with Crippen LogP contribution in [0.5, 0.6) is 0 Å². The Morgan fingerprint density at radius 1 is 1.33 bits per heavy atom. The molecule has 0 aliphatic carbocycles. The molecule has 7 heteroatoms. The van der Waals surface area contributed by atoms with Crippen molar-refractivity contribution in [2.45, 2.75) is 25.2 Å². The number of carboxylic acid groups (broad SMARTS) is 1. The molecule has 0 unspecified atom stereocenters. The number of benzene rings is 1. The maximum absolute atomic E-state index is 10.7. The molecule has 0 aliphatic heterocycles. The van der Waals surface area contributed by atoms with Crippen LogP contribution in [0.3, 0.4) is 0 Å². The Bertz CT molecular complexity index is 600. The van der Waals surface area contributed by atoms with Crippen LogP contribution in [0.4, 0.5) is 5.95 Å². The number of rotatable bonds is 7. The van der Waals surface area contributed by atoms with Crippen molar-refractivity contribution in [3.05, 3.63) is 35.9 Å². The van der Waals surface area contributed by atoms with Crippen molar-refractivity contribution < 1.29 is 9.90 Å². The highest BCUT2D eigenvalue weighted by Crippen LogP contribution is 2.22. The van der Waals surface area contributed by atoms with Crippen molar-refractivity contribution in [2.24, 2.45) is 0 Å². The summed E-state index contributed by atoms with van der Waals surface area (Å²) in [6.07, 6.45) is 0. The van der Waals surface area contributed by atoms with E-state index in [0.29, 0.717) is 11.7 Å². The van der Waals surface area contributed by atoms with E-state index >= 15 is 0 Å². The predicted octanol–water partition coefficient (Wildman–Crippen LogP) is 2.11. The summed E-state index contributed by atoms with van der Waals surface area (Å²) in [6, 6.07) is 10.1. The molecule has 0 aliphatic rings. The number of anilines is 1. The Balaban J connectivity index is 2.13. The molecule has 1 heterocycles. The van der Waals surface area contributed by atoms with Gasteiger partial charge in [-0.05, 0) is 12.5 Å². The molecule has 6 nitrogen and oxygen atoms in total. The van der Waals surface area contributed by atoms with Crippen LogP contribution in [-0.2, 0) is 17.9 Å². The first-order chi connectivity index (χ1) is 10.1. The van der Waals surface area contributed by atoms with Crippen LogP contribution < -0.4 is 4.90 Å². The van der Waals surface area contributed by atoms with Gasteiger partial charge in [-0.15, -0.1) is 10.2 Å². The van der Waals surface area contributed by atoms with Gasteiger partial charge in [0.2, 0.25) is 5.95 Å². The summed E-state index contributed by atoms with van der Waals surface area (Å²) in [5.74, 6) is -0.125. The number of hydrogen-bond donors (Lipinski definition) is 1. The highest BCUT2D eigenvalue weighted by molar-refractivity contribution is 7.99. The molecule has 2 rings (SSSR count). The average molecular weight is 306 g/mol. The lowest BCUT2D eigenvalue weighted by atomic mass is 10.2. The van der Waals surface area contributed by atoms with Gasteiger partial charge >= 0.3 is 5.97 Å². The minimum atomic E-state index is -0.857. The third-order valence-electron chi connectivity index (χ3n) is 2.94. The largest absolute Gasteiger partial charge is 0.481 e. The van der Waals surface area contributed by atoms with Gasteiger partial charge in [0.25, 0.3) is 0 Å². The van der Waals surface area contributed by atoms with Crippen LogP contribution in [0, 0.1) is 0 Å². The van der Waals surface area contributed by atoms with Gasteiger partial charge in [-0.2, -0.15) is 0 Å². The molecule has 2 aromatic rings. The van der Waals surface area contributed by atoms with Crippen LogP contribution in [0.15, 0.2) is 35.5 Å². The first kappa shape index (κ1) is 15.4. The first-order valence-corrected chi connectivity index (χ1v) is 7.63. The monoisotopic (exact) mass is 306 g/mol. The van der Waals surface area contributed by atoms with Gasteiger partial charge in [0.15, 0.2) is 5.16 Å². The highest BCUT2D eigenvalue weighted by atomic mass is 32.2. The van der Waals surface area contributed by atoms with E-state index in [9.17, 15) is 4.79 Å². The van der Waals surface area contributed by atoms with Crippen molar-refractivity contribution in [3.8, 4) is 0 Å². The van der Waals surface area contributed by atoms with Crippen molar-refractivity contribution in [1.82, 2.24) is 14.8 Å². The van der Waals surface area contributed by atoms with E-state index in [1.807, 2.05) is 41.6 Å². The number of nitrogens with zero attached hydrogens (tertiary/aromatic N) is 4. The van der Waals surface area contributed by atoms with Crippen molar-refractivity contribution >= 4 is 23.7 Å². The van der Waals surface area contributed by atoms with Gasteiger partial charge in [-0.1, -0.05) is 42.1 Å². The second kappa shape index (κ2) is 7.12. The Morgan fingerprint density at radius 3 is 2.67 bits per heavy atom. The molecule has 0 radical (unpaired) electrons. The zero-order valence-corrected chi connectivity index (χ0v) is 12.9. The van der Waals surface area contributed by atoms with Crippen molar-refractivity contribution in [2.75, 3.05) is 17.7 Å².